The van der Waals surface area contributed by atoms with Crippen LogP contribution in [-0.4, -0.2) is 13.0 Å². The molecule has 0 aliphatic carbocycles. The van der Waals surface area contributed by atoms with Gasteiger partial charge in [0.05, 0.1) is 12.5 Å². The lowest BCUT2D eigenvalue weighted by molar-refractivity contribution is -0.125. The molecule has 4 nitrogen and oxygen atoms in total. The maximum atomic E-state index is 11.8. The van der Waals surface area contributed by atoms with Crippen molar-refractivity contribution in [2.24, 2.45) is 5.41 Å². The second-order valence-corrected chi connectivity index (χ2v) is 5.70. The zero-order chi connectivity index (χ0) is 15.0. The van der Waals surface area contributed by atoms with Crippen LogP contribution in [0.4, 0.5) is 0 Å². The van der Waals surface area contributed by atoms with E-state index in [2.05, 4.69) is 16.9 Å². The Morgan fingerprint density at radius 3 is 2.62 bits per heavy atom. The van der Waals surface area contributed by atoms with Crippen molar-refractivity contribution in [3.63, 3.8) is 0 Å². The molecule has 1 aliphatic heterocycles. The highest BCUT2D eigenvalue weighted by atomic mass is 16.5. The number of rotatable bonds is 2. The van der Waals surface area contributed by atoms with E-state index in [9.17, 15) is 4.79 Å². The van der Waals surface area contributed by atoms with Crippen molar-refractivity contribution in [1.82, 2.24) is 10.9 Å². The highest BCUT2D eigenvalue weighted by molar-refractivity contribution is 5.94. The molecule has 0 radical (unpaired) electrons. The van der Waals surface area contributed by atoms with E-state index in [1.807, 2.05) is 50.3 Å². The number of carbonyl (C=O) groups excluding carboxylic acids is 1. The minimum Gasteiger partial charge on any atom is -0.497 e. The first-order chi connectivity index (χ1) is 10.0. The third-order valence-electron chi connectivity index (χ3n) is 3.97. The molecule has 3 rings (SSSR count). The van der Waals surface area contributed by atoms with Gasteiger partial charge in [0.15, 0.2) is 0 Å². The van der Waals surface area contributed by atoms with E-state index in [1.54, 1.807) is 7.11 Å². The van der Waals surface area contributed by atoms with E-state index < -0.39 is 5.41 Å². The average molecular weight is 282 g/mol. The number of carbonyl (C=O) groups is 1. The van der Waals surface area contributed by atoms with Crippen molar-refractivity contribution in [2.75, 3.05) is 7.11 Å². The van der Waals surface area contributed by atoms with Crippen molar-refractivity contribution in [1.29, 1.82) is 0 Å². The molecule has 0 atom stereocenters. The highest BCUT2D eigenvalue weighted by Crippen LogP contribution is 2.31. The Hall–Kier alpha value is -2.49. The molecule has 108 valence electrons. The Kier molecular flexibility index (Phi) is 3.09. The van der Waals surface area contributed by atoms with Crippen LogP contribution in [0.15, 0.2) is 42.1 Å². The number of nitrogens with one attached hydrogen (secondary N) is 2. The minimum atomic E-state index is -0.547. The lowest BCUT2D eigenvalue weighted by Crippen LogP contribution is -2.28. The summed E-state index contributed by atoms with van der Waals surface area (Å²) < 4.78 is 5.26. The van der Waals surface area contributed by atoms with Crippen LogP contribution in [0.3, 0.4) is 0 Å². The third-order valence-corrected chi connectivity index (χ3v) is 3.97. The maximum Gasteiger partial charge on any atom is 0.249 e. The second kappa shape index (κ2) is 4.81. The van der Waals surface area contributed by atoms with Gasteiger partial charge >= 0.3 is 0 Å². The first kappa shape index (κ1) is 13.5. The van der Waals surface area contributed by atoms with Gasteiger partial charge in [0.2, 0.25) is 5.91 Å². The molecule has 1 heterocycles. The molecule has 0 saturated carbocycles. The van der Waals surface area contributed by atoms with E-state index in [4.69, 9.17) is 4.74 Å². The average Bonchev–Trinajstić information content (AvgIpc) is 2.73. The van der Waals surface area contributed by atoms with Gasteiger partial charge in [-0.3, -0.25) is 10.2 Å². The Morgan fingerprint density at radius 2 is 1.95 bits per heavy atom. The van der Waals surface area contributed by atoms with E-state index in [0.717, 1.165) is 27.8 Å². The van der Waals surface area contributed by atoms with Crippen LogP contribution >= 0.6 is 0 Å². The number of hydrazine groups is 1. The molecule has 2 aromatic rings. The number of ether oxygens (including phenoxy) is 1. The van der Waals surface area contributed by atoms with Gasteiger partial charge in [-0.25, -0.2) is 0 Å². The fourth-order valence-corrected chi connectivity index (χ4v) is 2.47. The lowest BCUT2D eigenvalue weighted by atomic mass is 9.88. The zero-order valence-corrected chi connectivity index (χ0v) is 12.4. The Morgan fingerprint density at radius 1 is 1.14 bits per heavy atom. The van der Waals surface area contributed by atoms with E-state index in [-0.39, 0.29) is 5.91 Å². The summed E-state index contributed by atoms with van der Waals surface area (Å²) in [7, 11) is 1.66. The Balaban J connectivity index is 2.11. The molecule has 0 spiro atoms. The summed E-state index contributed by atoms with van der Waals surface area (Å²) in [6.07, 6.45) is 2.02. The summed E-state index contributed by atoms with van der Waals surface area (Å²) >= 11 is 0. The van der Waals surface area contributed by atoms with Crippen LogP contribution in [0.5, 0.6) is 5.75 Å². The molecule has 0 unspecified atom stereocenters. The number of amides is 1. The maximum absolute atomic E-state index is 11.8. The monoisotopic (exact) mass is 282 g/mol. The van der Waals surface area contributed by atoms with Crippen molar-refractivity contribution < 1.29 is 9.53 Å². The molecule has 2 aromatic carbocycles. The fourth-order valence-electron chi connectivity index (χ4n) is 2.47. The van der Waals surface area contributed by atoms with Crippen LogP contribution in [-0.2, 0) is 4.79 Å². The second-order valence-electron chi connectivity index (χ2n) is 5.70. The Labute approximate surface area is 123 Å². The van der Waals surface area contributed by atoms with Gasteiger partial charge in [-0.05, 0) is 48.4 Å². The largest absolute Gasteiger partial charge is 0.497 e. The number of methoxy groups -OCH3 is 1. The molecule has 0 bridgehead atoms. The molecule has 0 aromatic heterocycles. The van der Waals surface area contributed by atoms with Gasteiger partial charge in [-0.2, -0.15) is 0 Å². The van der Waals surface area contributed by atoms with Crippen molar-refractivity contribution in [3.8, 4) is 5.75 Å². The quantitative estimate of drug-likeness (QED) is 0.890. The van der Waals surface area contributed by atoms with E-state index >= 15 is 0 Å². The topological polar surface area (TPSA) is 50.4 Å². The smallest absolute Gasteiger partial charge is 0.249 e. The van der Waals surface area contributed by atoms with Crippen LogP contribution in [0.1, 0.15) is 19.4 Å². The fraction of sp³-hybridized carbons (Fsp3) is 0.235. The van der Waals surface area contributed by atoms with Crippen LogP contribution in [0, 0.1) is 5.41 Å². The Bertz CT molecular complexity index is 748. The van der Waals surface area contributed by atoms with Crippen LogP contribution in [0.25, 0.3) is 16.8 Å². The molecular formula is C17H18N2O2. The van der Waals surface area contributed by atoms with Gasteiger partial charge in [0.1, 0.15) is 5.75 Å². The molecule has 2 N–H and O–H groups in total. The number of fused-ring (bicyclic) bond motifs is 1. The van der Waals surface area contributed by atoms with Gasteiger partial charge in [-0.1, -0.05) is 24.3 Å². The van der Waals surface area contributed by atoms with Gasteiger partial charge in [-0.15, -0.1) is 0 Å². The molecule has 4 heteroatoms. The molecule has 1 saturated heterocycles. The molecule has 1 amide bonds. The highest BCUT2D eigenvalue weighted by Gasteiger charge is 2.37. The number of hydrogen-bond acceptors (Lipinski definition) is 3. The van der Waals surface area contributed by atoms with Gasteiger partial charge < -0.3 is 10.2 Å². The first-order valence-electron chi connectivity index (χ1n) is 6.88. The predicted molar refractivity (Wildman–Crippen MR) is 83.5 cm³/mol. The molecule has 1 aliphatic rings. The van der Waals surface area contributed by atoms with E-state index in [1.165, 1.54) is 0 Å². The van der Waals surface area contributed by atoms with Crippen LogP contribution < -0.4 is 15.6 Å². The zero-order valence-electron chi connectivity index (χ0n) is 12.4. The summed E-state index contributed by atoms with van der Waals surface area (Å²) in [5.74, 6) is 0.819. The van der Waals surface area contributed by atoms with Gasteiger partial charge in [0, 0.05) is 5.70 Å². The van der Waals surface area contributed by atoms with Crippen molar-refractivity contribution in [3.05, 3.63) is 47.7 Å². The molecular weight excluding hydrogens is 264 g/mol. The summed E-state index contributed by atoms with van der Waals surface area (Å²) in [5, 5.41) is 2.24. The van der Waals surface area contributed by atoms with Crippen LogP contribution in [0.2, 0.25) is 0 Å². The SMILES string of the molecule is COc1ccc2c(/C=C3\NNC(=O)C3(C)C)cccc2c1. The molecule has 21 heavy (non-hydrogen) atoms. The summed E-state index contributed by atoms with van der Waals surface area (Å²) in [6.45, 7) is 3.81. The minimum absolute atomic E-state index is 0.0179. The first-order valence-corrected chi connectivity index (χ1v) is 6.88. The number of benzene rings is 2. The standard InChI is InChI=1S/C17H18N2O2/c1-17(2)15(18-19-16(17)20)10-12-6-4-5-11-9-13(21-3)7-8-14(11)12/h4-10,18H,1-3H3,(H,19,20)/b15-10-. The summed E-state index contributed by atoms with van der Waals surface area (Å²) in [4.78, 5) is 11.8. The van der Waals surface area contributed by atoms with Crippen molar-refractivity contribution >= 4 is 22.8 Å². The van der Waals surface area contributed by atoms with Crippen molar-refractivity contribution in [2.45, 2.75) is 13.8 Å². The summed E-state index contributed by atoms with van der Waals surface area (Å²) in [6, 6.07) is 12.1. The third kappa shape index (κ3) is 2.23. The van der Waals surface area contributed by atoms with Gasteiger partial charge in [0.25, 0.3) is 0 Å². The predicted octanol–water partition coefficient (Wildman–Crippen LogP) is 2.85. The summed E-state index contributed by atoms with van der Waals surface area (Å²) in [5.41, 5.74) is 7.03. The normalized spacial score (nSPS) is 18.6. The molecule has 1 fully saturated rings. The van der Waals surface area contributed by atoms with E-state index in [0.29, 0.717) is 0 Å². The lowest BCUT2D eigenvalue weighted by Gasteiger charge is -2.15. The number of hydrogen-bond donors (Lipinski definition) is 2.